The number of para-hydroxylation sites is 1. The Hall–Kier alpha value is -2.21. The molecule has 1 amide bonds. The van der Waals surface area contributed by atoms with Crippen LogP contribution in [-0.2, 0) is 11.3 Å². The number of likely N-dealkylation sites (N-methyl/N-ethyl adjacent to an activating group) is 1. The van der Waals surface area contributed by atoms with Gasteiger partial charge in [-0.15, -0.1) is 11.3 Å². The number of carbonyl (C=O) groups excluding carboxylic acids is 1. The lowest BCUT2D eigenvalue weighted by Crippen LogP contribution is -2.35. The zero-order valence-electron chi connectivity index (χ0n) is 15.4. The third-order valence-electron chi connectivity index (χ3n) is 4.09. The molecule has 1 aromatic heterocycles. The van der Waals surface area contributed by atoms with Crippen molar-refractivity contribution in [2.24, 2.45) is 0 Å². The molecule has 0 aliphatic carbocycles. The number of rotatable bonds is 7. The van der Waals surface area contributed by atoms with Gasteiger partial charge in [0, 0.05) is 30.7 Å². The summed E-state index contributed by atoms with van der Waals surface area (Å²) in [5, 5.41) is 1.53. The molecule has 0 saturated heterocycles. The second kappa shape index (κ2) is 9.13. The predicted molar refractivity (Wildman–Crippen MR) is 114 cm³/mol. The van der Waals surface area contributed by atoms with Gasteiger partial charge in [-0.2, -0.15) is 0 Å². The average molecular weight is 400 g/mol. The Kier molecular flexibility index (Phi) is 6.61. The number of fused-ring (bicyclic) bond motifs is 1. The van der Waals surface area contributed by atoms with E-state index >= 15 is 0 Å². The molecule has 0 aliphatic heterocycles. The van der Waals surface area contributed by atoms with E-state index in [2.05, 4.69) is 9.88 Å². The number of hydrogen-bond donors (Lipinski definition) is 0. The molecule has 27 heavy (non-hydrogen) atoms. The third kappa shape index (κ3) is 5.63. The highest BCUT2D eigenvalue weighted by molar-refractivity contribution is 7.19. The molecular weight excluding hydrogens is 378 g/mol. The van der Waals surface area contributed by atoms with Crippen LogP contribution in [0, 0.1) is 0 Å². The molecule has 0 N–H and O–H groups in total. The summed E-state index contributed by atoms with van der Waals surface area (Å²) in [4.78, 5) is 21.2. The van der Waals surface area contributed by atoms with Crippen molar-refractivity contribution in [2.75, 3.05) is 27.2 Å². The Morgan fingerprint density at radius 3 is 2.56 bits per heavy atom. The largest absolute Gasteiger partial charge is 0.334 e. The molecule has 2 aromatic carbocycles. The number of nitrogens with zero attached hydrogens (tertiary/aromatic N) is 3. The number of halogens is 1. The lowest BCUT2D eigenvalue weighted by molar-refractivity contribution is -0.126. The molecule has 0 unspecified atom stereocenters. The van der Waals surface area contributed by atoms with Gasteiger partial charge in [0.15, 0.2) is 0 Å². The molecule has 0 aliphatic rings. The molecule has 0 radical (unpaired) electrons. The Labute approximate surface area is 168 Å². The summed E-state index contributed by atoms with van der Waals surface area (Å²) in [7, 11) is 4.00. The molecule has 1 heterocycles. The summed E-state index contributed by atoms with van der Waals surface area (Å²) in [5.74, 6) is -0.0222. The maximum atomic E-state index is 12.8. The molecule has 0 fully saturated rings. The lowest BCUT2D eigenvalue weighted by atomic mass is 10.2. The van der Waals surface area contributed by atoms with E-state index in [1.54, 1.807) is 23.5 Å². The monoisotopic (exact) mass is 399 g/mol. The number of amides is 1. The van der Waals surface area contributed by atoms with E-state index in [-0.39, 0.29) is 5.91 Å². The molecule has 0 atom stereocenters. The number of thiazole rings is 1. The van der Waals surface area contributed by atoms with Crippen molar-refractivity contribution in [3.63, 3.8) is 0 Å². The fraction of sp³-hybridized carbons (Fsp3) is 0.238. The van der Waals surface area contributed by atoms with Crippen LogP contribution >= 0.6 is 22.9 Å². The maximum Gasteiger partial charge on any atom is 0.247 e. The van der Waals surface area contributed by atoms with Gasteiger partial charge in [0.1, 0.15) is 5.01 Å². The van der Waals surface area contributed by atoms with Crippen LogP contribution in [-0.4, -0.2) is 47.9 Å². The minimum atomic E-state index is -0.0222. The van der Waals surface area contributed by atoms with Crippen molar-refractivity contribution in [1.82, 2.24) is 14.8 Å². The molecular formula is C21H22ClN3OS. The smallest absolute Gasteiger partial charge is 0.247 e. The van der Waals surface area contributed by atoms with Gasteiger partial charge in [-0.1, -0.05) is 35.9 Å². The minimum Gasteiger partial charge on any atom is -0.334 e. The van der Waals surface area contributed by atoms with E-state index < -0.39 is 0 Å². The van der Waals surface area contributed by atoms with Crippen molar-refractivity contribution >= 4 is 45.1 Å². The van der Waals surface area contributed by atoms with Crippen LogP contribution in [0.2, 0.25) is 5.02 Å². The molecule has 6 heteroatoms. The minimum absolute atomic E-state index is 0.0222. The van der Waals surface area contributed by atoms with Gasteiger partial charge < -0.3 is 9.80 Å². The summed E-state index contributed by atoms with van der Waals surface area (Å²) < 4.78 is 1.12. The first-order valence-electron chi connectivity index (χ1n) is 8.73. The summed E-state index contributed by atoms with van der Waals surface area (Å²) in [5.41, 5.74) is 2.01. The first-order valence-corrected chi connectivity index (χ1v) is 9.92. The quantitative estimate of drug-likeness (QED) is 0.547. The number of benzene rings is 2. The second-order valence-electron chi connectivity index (χ2n) is 6.54. The topological polar surface area (TPSA) is 36.4 Å². The van der Waals surface area contributed by atoms with Crippen LogP contribution < -0.4 is 0 Å². The molecule has 4 nitrogen and oxygen atoms in total. The van der Waals surface area contributed by atoms with Crippen LogP contribution in [0.4, 0.5) is 0 Å². The Balaban J connectivity index is 1.73. The van der Waals surface area contributed by atoms with Gasteiger partial charge in [-0.05, 0) is 50.0 Å². The SMILES string of the molecule is CN(C)CCN(Cc1ccc(Cl)cc1)C(=O)/C=C/c1nc2ccccc2s1. The van der Waals surface area contributed by atoms with Gasteiger partial charge >= 0.3 is 0 Å². The Morgan fingerprint density at radius 1 is 1.11 bits per heavy atom. The Morgan fingerprint density at radius 2 is 1.85 bits per heavy atom. The fourth-order valence-corrected chi connectivity index (χ4v) is 3.60. The fourth-order valence-electron chi connectivity index (χ4n) is 2.61. The van der Waals surface area contributed by atoms with Crippen LogP contribution in [0.3, 0.4) is 0 Å². The van der Waals surface area contributed by atoms with Gasteiger partial charge in [0.2, 0.25) is 5.91 Å². The molecule has 0 spiro atoms. The first kappa shape index (κ1) is 19.5. The Bertz CT molecular complexity index is 901. The van der Waals surface area contributed by atoms with Crippen molar-refractivity contribution < 1.29 is 4.79 Å². The average Bonchev–Trinajstić information content (AvgIpc) is 3.07. The zero-order valence-corrected chi connectivity index (χ0v) is 17.0. The van der Waals surface area contributed by atoms with Gasteiger partial charge in [-0.25, -0.2) is 4.98 Å². The van der Waals surface area contributed by atoms with E-state index in [0.29, 0.717) is 18.1 Å². The molecule has 0 saturated carbocycles. The third-order valence-corrected chi connectivity index (χ3v) is 5.35. The van der Waals surface area contributed by atoms with Gasteiger partial charge in [0.25, 0.3) is 0 Å². The second-order valence-corrected chi connectivity index (χ2v) is 8.04. The van der Waals surface area contributed by atoms with Crippen molar-refractivity contribution in [3.8, 4) is 0 Å². The first-order chi connectivity index (χ1) is 13.0. The lowest BCUT2D eigenvalue weighted by Gasteiger charge is -2.23. The zero-order chi connectivity index (χ0) is 19.2. The van der Waals surface area contributed by atoms with Crippen molar-refractivity contribution in [3.05, 3.63) is 70.2 Å². The highest BCUT2D eigenvalue weighted by Crippen LogP contribution is 2.22. The highest BCUT2D eigenvalue weighted by Gasteiger charge is 2.12. The summed E-state index contributed by atoms with van der Waals surface area (Å²) in [6.45, 7) is 2.00. The molecule has 0 bridgehead atoms. The normalized spacial score (nSPS) is 11.6. The van der Waals surface area contributed by atoms with Crippen LogP contribution in [0.1, 0.15) is 10.6 Å². The molecule has 3 aromatic rings. The summed E-state index contributed by atoms with van der Waals surface area (Å²) in [6.07, 6.45) is 3.42. The van der Waals surface area contributed by atoms with E-state index in [4.69, 9.17) is 11.6 Å². The van der Waals surface area contributed by atoms with Crippen molar-refractivity contribution in [2.45, 2.75) is 6.54 Å². The van der Waals surface area contributed by atoms with E-state index in [1.165, 1.54) is 0 Å². The molecule has 3 rings (SSSR count). The number of hydrogen-bond acceptors (Lipinski definition) is 4. The van der Waals surface area contributed by atoms with Crippen LogP contribution in [0.5, 0.6) is 0 Å². The van der Waals surface area contributed by atoms with E-state index in [9.17, 15) is 4.79 Å². The van der Waals surface area contributed by atoms with Crippen molar-refractivity contribution in [1.29, 1.82) is 0 Å². The van der Waals surface area contributed by atoms with Crippen LogP contribution in [0.25, 0.3) is 16.3 Å². The predicted octanol–water partition coefficient (Wildman–Crippen LogP) is 4.55. The number of carbonyl (C=O) groups is 1. The highest BCUT2D eigenvalue weighted by atomic mass is 35.5. The van der Waals surface area contributed by atoms with E-state index in [0.717, 1.165) is 27.3 Å². The van der Waals surface area contributed by atoms with E-state index in [1.807, 2.05) is 67.5 Å². The van der Waals surface area contributed by atoms with Gasteiger partial charge in [0.05, 0.1) is 10.2 Å². The van der Waals surface area contributed by atoms with Crippen LogP contribution in [0.15, 0.2) is 54.6 Å². The maximum absolute atomic E-state index is 12.8. The number of aromatic nitrogens is 1. The molecule has 140 valence electrons. The summed E-state index contributed by atoms with van der Waals surface area (Å²) in [6, 6.07) is 15.6. The summed E-state index contributed by atoms with van der Waals surface area (Å²) >= 11 is 7.54. The van der Waals surface area contributed by atoms with Gasteiger partial charge in [-0.3, -0.25) is 4.79 Å². The standard InChI is InChI=1S/C21H22ClN3OS/c1-24(2)13-14-25(15-16-7-9-17(22)10-8-16)21(26)12-11-20-23-18-5-3-4-6-19(18)27-20/h3-12H,13-15H2,1-2H3/b12-11+.